The number of amides is 2. The van der Waals surface area contributed by atoms with Gasteiger partial charge >= 0.3 is 0 Å². The van der Waals surface area contributed by atoms with Crippen LogP contribution in [0.1, 0.15) is 85.4 Å². The van der Waals surface area contributed by atoms with Crippen molar-refractivity contribution in [1.29, 1.82) is 0 Å². The average molecular weight is 629 g/mol. The second kappa shape index (κ2) is 16.5. The van der Waals surface area contributed by atoms with Gasteiger partial charge in [0, 0.05) is 31.0 Å². The molecule has 2 heterocycles. The number of Topliss-reactive ketones (excluding diaryl/α,β-unsaturated/α-hetero) is 1. The summed E-state index contributed by atoms with van der Waals surface area (Å²) in [5.41, 5.74) is 0.455. The number of nitrogens with zero attached hydrogens (tertiary/aromatic N) is 4. The van der Waals surface area contributed by atoms with Crippen molar-refractivity contribution in [3.05, 3.63) is 41.3 Å². The molecular weight excluding hydrogens is 580 g/mol. The van der Waals surface area contributed by atoms with E-state index in [9.17, 15) is 14.4 Å². The molecule has 11 nitrogen and oxygen atoms in total. The van der Waals surface area contributed by atoms with Crippen molar-refractivity contribution in [1.82, 2.24) is 30.6 Å². The Kier molecular flexibility index (Phi) is 12.8. The number of ketones is 1. The number of thioether (sulfide) groups is 1. The summed E-state index contributed by atoms with van der Waals surface area (Å²) < 4.78 is 11.2. The van der Waals surface area contributed by atoms with Crippen molar-refractivity contribution in [2.24, 2.45) is 5.92 Å². The van der Waals surface area contributed by atoms with E-state index in [1.54, 1.807) is 6.07 Å². The van der Waals surface area contributed by atoms with Crippen LogP contribution < -0.4 is 10.6 Å². The average Bonchev–Trinajstić information content (AvgIpc) is 3.48. The highest BCUT2D eigenvalue weighted by atomic mass is 32.2. The second-order valence-electron chi connectivity index (χ2n) is 12.6. The Morgan fingerprint density at radius 2 is 1.84 bits per heavy atom. The van der Waals surface area contributed by atoms with E-state index in [0.29, 0.717) is 43.3 Å². The Labute approximate surface area is 265 Å². The molecule has 44 heavy (non-hydrogen) atoms. The molecule has 2 fully saturated rings. The van der Waals surface area contributed by atoms with E-state index >= 15 is 0 Å². The van der Waals surface area contributed by atoms with Crippen LogP contribution in [0.4, 0.5) is 0 Å². The van der Waals surface area contributed by atoms with Gasteiger partial charge in [0.15, 0.2) is 0 Å². The van der Waals surface area contributed by atoms with Crippen molar-refractivity contribution in [3.8, 4) is 0 Å². The fourth-order valence-corrected chi connectivity index (χ4v) is 6.42. The monoisotopic (exact) mass is 628 g/mol. The number of nitrogens with one attached hydrogen (secondary N) is 2. The highest BCUT2D eigenvalue weighted by Crippen LogP contribution is 2.30. The normalized spacial score (nSPS) is 17.9. The first-order valence-electron chi connectivity index (χ1n) is 15.8. The zero-order chi connectivity index (χ0) is 31.5. The molecule has 2 N–H and O–H groups in total. The molecule has 1 aliphatic heterocycles. The van der Waals surface area contributed by atoms with Crippen molar-refractivity contribution in [3.63, 3.8) is 0 Å². The molecule has 0 radical (unpaired) electrons. The quantitative estimate of drug-likeness (QED) is 0.171. The third-order valence-electron chi connectivity index (χ3n) is 8.11. The lowest BCUT2D eigenvalue weighted by Gasteiger charge is -2.37. The van der Waals surface area contributed by atoms with Crippen LogP contribution in [-0.4, -0.2) is 102 Å². The van der Waals surface area contributed by atoms with Crippen LogP contribution in [0.25, 0.3) is 0 Å². The topological polar surface area (TPSA) is 130 Å². The summed E-state index contributed by atoms with van der Waals surface area (Å²) in [5.74, 6) is -0.230. The zero-order valence-electron chi connectivity index (χ0n) is 26.6. The van der Waals surface area contributed by atoms with Crippen molar-refractivity contribution >= 4 is 29.4 Å². The van der Waals surface area contributed by atoms with Gasteiger partial charge in [-0.1, -0.05) is 57.0 Å². The summed E-state index contributed by atoms with van der Waals surface area (Å²) in [4.78, 5) is 45.6. The highest BCUT2D eigenvalue weighted by Gasteiger charge is 2.43. The maximum Gasteiger partial charge on any atom is 0.286 e. The van der Waals surface area contributed by atoms with Crippen LogP contribution >= 0.6 is 11.8 Å². The van der Waals surface area contributed by atoms with Gasteiger partial charge in [0.2, 0.25) is 11.7 Å². The number of carbonyl (C=O) groups is 3. The molecule has 1 aliphatic carbocycles. The van der Waals surface area contributed by atoms with Gasteiger partial charge in [-0.15, -0.1) is 10.2 Å². The second-order valence-corrected chi connectivity index (χ2v) is 13.6. The minimum absolute atomic E-state index is 0.107. The fourth-order valence-electron chi connectivity index (χ4n) is 5.74. The summed E-state index contributed by atoms with van der Waals surface area (Å²) in [5, 5.41) is 14.5. The van der Waals surface area contributed by atoms with Crippen LogP contribution in [0.3, 0.4) is 0 Å². The number of aromatic nitrogens is 2. The molecular formula is C32H48N6O5S. The summed E-state index contributed by atoms with van der Waals surface area (Å²) in [7, 11) is 4.04. The molecule has 1 saturated carbocycles. The third kappa shape index (κ3) is 9.85. The van der Waals surface area contributed by atoms with Crippen LogP contribution in [0.15, 0.2) is 33.9 Å². The number of hydrogen-bond donors (Lipinski definition) is 2. The van der Waals surface area contributed by atoms with Gasteiger partial charge in [0.1, 0.15) is 5.54 Å². The summed E-state index contributed by atoms with van der Waals surface area (Å²) >= 11 is 1.42. The van der Waals surface area contributed by atoms with Crippen LogP contribution in [0.2, 0.25) is 0 Å². The number of rotatable bonds is 15. The number of hydrogen-bond acceptors (Lipinski definition) is 10. The van der Waals surface area contributed by atoms with Crippen LogP contribution in [-0.2, 0) is 16.1 Å². The molecule has 1 saturated heterocycles. The minimum Gasteiger partial charge on any atom is -0.408 e. The van der Waals surface area contributed by atoms with Gasteiger partial charge < -0.3 is 24.7 Å². The third-order valence-corrected chi connectivity index (χ3v) is 9.02. The molecule has 242 valence electrons. The van der Waals surface area contributed by atoms with E-state index in [-0.39, 0.29) is 23.6 Å². The lowest BCUT2D eigenvalue weighted by atomic mass is 9.80. The molecule has 2 aromatic rings. The zero-order valence-corrected chi connectivity index (χ0v) is 27.4. The van der Waals surface area contributed by atoms with E-state index in [2.05, 4.69) is 30.6 Å². The van der Waals surface area contributed by atoms with Crippen LogP contribution in [0, 0.1) is 5.92 Å². The molecule has 1 unspecified atom stereocenters. The first-order chi connectivity index (χ1) is 21.1. The van der Waals surface area contributed by atoms with E-state index in [0.717, 1.165) is 63.2 Å². The molecule has 0 bridgehead atoms. The summed E-state index contributed by atoms with van der Waals surface area (Å²) in [6.07, 6.45) is 4.99. The van der Waals surface area contributed by atoms with E-state index in [1.165, 1.54) is 11.8 Å². The van der Waals surface area contributed by atoms with Crippen molar-refractivity contribution < 1.29 is 23.5 Å². The SMILES string of the molecule is CC(C)CC(NC(=O)C1(NC(=O)c2cccc(CN3CCOCC3)c2)CCCCC1)C(=O)c1nnc(SCCCN(C)C)o1. The van der Waals surface area contributed by atoms with E-state index in [1.807, 2.05) is 46.1 Å². The van der Waals surface area contributed by atoms with Gasteiger partial charge in [0.25, 0.3) is 17.0 Å². The van der Waals surface area contributed by atoms with Crippen molar-refractivity contribution in [2.45, 2.75) is 82.1 Å². The van der Waals surface area contributed by atoms with Gasteiger partial charge in [-0.25, -0.2) is 0 Å². The Hall–Kier alpha value is -2.80. The lowest BCUT2D eigenvalue weighted by molar-refractivity contribution is -0.129. The number of carbonyl (C=O) groups excluding carboxylic acids is 3. The molecule has 1 aromatic carbocycles. The Bertz CT molecular complexity index is 1240. The largest absolute Gasteiger partial charge is 0.408 e. The van der Waals surface area contributed by atoms with E-state index in [4.69, 9.17) is 9.15 Å². The number of morpholine rings is 1. The first-order valence-corrected chi connectivity index (χ1v) is 16.8. The van der Waals surface area contributed by atoms with Gasteiger partial charge in [0.05, 0.1) is 19.3 Å². The minimum atomic E-state index is -1.10. The maximum absolute atomic E-state index is 14.0. The molecule has 2 aliphatic rings. The molecule has 1 aromatic heterocycles. The first kappa shape index (κ1) is 34.1. The Morgan fingerprint density at radius 3 is 2.55 bits per heavy atom. The molecule has 1 atom stereocenters. The number of benzene rings is 1. The van der Waals surface area contributed by atoms with Gasteiger partial charge in [-0.05, 0) is 69.9 Å². The van der Waals surface area contributed by atoms with Gasteiger partial charge in [-0.3, -0.25) is 19.3 Å². The molecule has 2 amide bonds. The summed E-state index contributed by atoms with van der Waals surface area (Å²) in [6.45, 7) is 8.80. The molecule has 4 rings (SSSR count). The summed E-state index contributed by atoms with van der Waals surface area (Å²) in [6, 6.07) is 6.73. The highest BCUT2D eigenvalue weighted by molar-refractivity contribution is 7.99. The van der Waals surface area contributed by atoms with E-state index < -0.39 is 17.4 Å². The fraction of sp³-hybridized carbons (Fsp3) is 0.656. The van der Waals surface area contributed by atoms with Gasteiger partial charge in [-0.2, -0.15) is 0 Å². The Balaban J connectivity index is 1.44. The standard InChI is InChI=1S/C32H48N6O5S/c1-23(2)20-26(27(39)29-35-36-31(43-29)44-19-9-14-37(3)4)33-30(41)32(12-6-5-7-13-32)34-28(40)25-11-8-10-24(21-25)22-38-15-17-42-18-16-38/h8,10-11,21,23,26H,5-7,9,12-20,22H2,1-4H3,(H,33,41)(H,34,40). The predicted molar refractivity (Wildman–Crippen MR) is 170 cm³/mol. The molecule has 0 spiro atoms. The number of ether oxygens (including phenoxy) is 1. The predicted octanol–water partition coefficient (Wildman–Crippen LogP) is 3.79. The molecule has 12 heteroatoms. The van der Waals surface area contributed by atoms with Crippen molar-refractivity contribution in [2.75, 3.05) is 52.7 Å². The Morgan fingerprint density at radius 1 is 1.09 bits per heavy atom. The lowest BCUT2D eigenvalue weighted by Crippen LogP contribution is -2.62. The van der Waals surface area contributed by atoms with Crippen LogP contribution in [0.5, 0.6) is 0 Å². The smallest absolute Gasteiger partial charge is 0.286 e. The maximum atomic E-state index is 14.0.